The van der Waals surface area contributed by atoms with Crippen molar-refractivity contribution in [2.24, 2.45) is 0 Å². The van der Waals surface area contributed by atoms with Gasteiger partial charge in [0.1, 0.15) is 17.5 Å². The van der Waals surface area contributed by atoms with Gasteiger partial charge in [0.2, 0.25) is 5.91 Å². The molecule has 1 aromatic heterocycles. The van der Waals surface area contributed by atoms with Gasteiger partial charge in [0, 0.05) is 12.6 Å². The summed E-state index contributed by atoms with van der Waals surface area (Å²) >= 11 is 0. The van der Waals surface area contributed by atoms with E-state index in [4.69, 9.17) is 13.9 Å². The third-order valence-electron chi connectivity index (χ3n) is 6.15. The molecule has 1 unspecified atom stereocenters. The molecule has 3 aromatic rings. The molecule has 34 heavy (non-hydrogen) atoms. The molecule has 1 saturated carbocycles. The summed E-state index contributed by atoms with van der Waals surface area (Å²) in [6, 6.07) is 17.3. The number of nitrogens with zero attached hydrogens (tertiary/aromatic N) is 1. The van der Waals surface area contributed by atoms with E-state index in [1.54, 1.807) is 37.3 Å². The number of carbonyl (C=O) groups is 2. The smallest absolute Gasteiger partial charge is 0.290 e. The van der Waals surface area contributed by atoms with Crippen LogP contribution < -0.4 is 14.8 Å². The van der Waals surface area contributed by atoms with Crippen molar-refractivity contribution in [3.05, 3.63) is 83.8 Å². The average Bonchev–Trinajstić information content (AvgIpc) is 3.58. The lowest BCUT2D eigenvalue weighted by Crippen LogP contribution is -2.45. The zero-order valence-electron chi connectivity index (χ0n) is 19.5. The highest BCUT2D eigenvalue weighted by Crippen LogP contribution is 2.30. The van der Waals surface area contributed by atoms with Crippen LogP contribution in [-0.4, -0.2) is 37.0 Å². The minimum Gasteiger partial charge on any atom is -0.497 e. The summed E-state index contributed by atoms with van der Waals surface area (Å²) in [4.78, 5) is 28.9. The van der Waals surface area contributed by atoms with Gasteiger partial charge < -0.3 is 24.1 Å². The fourth-order valence-corrected chi connectivity index (χ4v) is 4.42. The lowest BCUT2D eigenvalue weighted by Gasteiger charge is -2.32. The zero-order valence-corrected chi connectivity index (χ0v) is 19.5. The van der Waals surface area contributed by atoms with Crippen LogP contribution in [-0.2, 0) is 11.3 Å². The summed E-state index contributed by atoms with van der Waals surface area (Å²) in [5.74, 6) is 0.869. The van der Waals surface area contributed by atoms with E-state index in [0.29, 0.717) is 17.1 Å². The van der Waals surface area contributed by atoms with Gasteiger partial charge in [-0.05, 0) is 60.4 Å². The molecular formula is C27H30N2O5. The number of rotatable bonds is 9. The minimum atomic E-state index is -0.875. The van der Waals surface area contributed by atoms with Gasteiger partial charge >= 0.3 is 0 Å². The van der Waals surface area contributed by atoms with Crippen LogP contribution in [0.2, 0.25) is 0 Å². The maximum Gasteiger partial charge on any atom is 0.290 e. The number of hydrogen-bond acceptors (Lipinski definition) is 5. The summed E-state index contributed by atoms with van der Waals surface area (Å²) in [7, 11) is 3.17. The second-order valence-corrected chi connectivity index (χ2v) is 8.43. The minimum absolute atomic E-state index is 0.109. The summed E-state index contributed by atoms with van der Waals surface area (Å²) in [5.41, 5.74) is 1.50. The predicted octanol–water partition coefficient (Wildman–Crippen LogP) is 4.74. The second kappa shape index (κ2) is 10.9. The fourth-order valence-electron chi connectivity index (χ4n) is 4.42. The van der Waals surface area contributed by atoms with Gasteiger partial charge in [-0.2, -0.15) is 0 Å². The van der Waals surface area contributed by atoms with E-state index in [1.165, 1.54) is 6.26 Å². The van der Waals surface area contributed by atoms with Gasteiger partial charge in [-0.1, -0.05) is 37.1 Å². The molecule has 7 heteroatoms. The topological polar surface area (TPSA) is 81.0 Å². The Morgan fingerprint density at radius 2 is 1.71 bits per heavy atom. The number of benzene rings is 2. The van der Waals surface area contributed by atoms with E-state index in [2.05, 4.69) is 5.32 Å². The molecule has 2 amide bonds. The Balaban J connectivity index is 1.76. The molecule has 0 radical (unpaired) electrons. The molecule has 1 fully saturated rings. The van der Waals surface area contributed by atoms with Crippen LogP contribution in [0.15, 0.2) is 71.3 Å². The third kappa shape index (κ3) is 5.42. The third-order valence-corrected chi connectivity index (χ3v) is 6.15. The van der Waals surface area contributed by atoms with E-state index >= 15 is 0 Å². The first-order valence-electron chi connectivity index (χ1n) is 11.5. The number of methoxy groups -OCH3 is 2. The van der Waals surface area contributed by atoms with E-state index in [1.807, 2.05) is 42.5 Å². The molecule has 178 valence electrons. The number of furan rings is 1. The molecule has 0 saturated heterocycles. The van der Waals surface area contributed by atoms with Crippen molar-refractivity contribution in [2.45, 2.75) is 44.3 Å². The molecule has 1 atom stereocenters. The number of amides is 2. The van der Waals surface area contributed by atoms with E-state index in [0.717, 1.165) is 31.2 Å². The zero-order chi connectivity index (χ0) is 23.9. The Labute approximate surface area is 199 Å². The Bertz CT molecular complexity index is 1110. The first kappa shape index (κ1) is 23.4. The molecule has 0 spiro atoms. The lowest BCUT2D eigenvalue weighted by molar-refractivity contribution is -0.126. The highest BCUT2D eigenvalue weighted by molar-refractivity contribution is 5.96. The van der Waals surface area contributed by atoms with Crippen molar-refractivity contribution >= 4 is 11.8 Å². The van der Waals surface area contributed by atoms with Gasteiger partial charge in [-0.15, -0.1) is 0 Å². The highest BCUT2D eigenvalue weighted by atomic mass is 16.5. The van der Waals surface area contributed by atoms with Crippen molar-refractivity contribution in [1.29, 1.82) is 0 Å². The van der Waals surface area contributed by atoms with Gasteiger partial charge in [0.05, 0.1) is 20.5 Å². The van der Waals surface area contributed by atoms with Crippen LogP contribution in [0.1, 0.15) is 53.4 Å². The molecule has 1 heterocycles. The highest BCUT2D eigenvalue weighted by Gasteiger charge is 2.35. The summed E-state index contributed by atoms with van der Waals surface area (Å²) in [5, 5.41) is 3.17. The van der Waals surface area contributed by atoms with Crippen molar-refractivity contribution in [1.82, 2.24) is 10.2 Å². The molecule has 7 nitrogen and oxygen atoms in total. The maximum absolute atomic E-state index is 13.7. The number of ether oxygens (including phenoxy) is 2. The van der Waals surface area contributed by atoms with Crippen molar-refractivity contribution in [3.8, 4) is 11.5 Å². The number of nitrogens with one attached hydrogen (secondary N) is 1. The van der Waals surface area contributed by atoms with E-state index in [9.17, 15) is 9.59 Å². The van der Waals surface area contributed by atoms with Crippen LogP contribution in [0.4, 0.5) is 0 Å². The van der Waals surface area contributed by atoms with Gasteiger partial charge in [-0.3, -0.25) is 9.59 Å². The average molecular weight is 463 g/mol. The van der Waals surface area contributed by atoms with Crippen LogP contribution in [0, 0.1) is 0 Å². The lowest BCUT2D eigenvalue weighted by atomic mass is 10.0. The molecule has 4 rings (SSSR count). The number of hydrogen-bond donors (Lipinski definition) is 1. The van der Waals surface area contributed by atoms with Crippen LogP contribution in [0.5, 0.6) is 11.5 Å². The normalized spacial score (nSPS) is 14.4. The molecule has 1 N–H and O–H groups in total. The summed E-state index contributed by atoms with van der Waals surface area (Å²) < 4.78 is 16.2. The van der Waals surface area contributed by atoms with Gasteiger partial charge in [0.25, 0.3) is 5.91 Å². The molecule has 1 aliphatic carbocycles. The summed E-state index contributed by atoms with van der Waals surface area (Å²) in [6.07, 6.45) is 5.52. The Hall–Kier alpha value is -3.74. The number of carbonyl (C=O) groups excluding carboxylic acids is 2. The van der Waals surface area contributed by atoms with E-state index in [-0.39, 0.29) is 30.2 Å². The van der Waals surface area contributed by atoms with Crippen LogP contribution in [0.3, 0.4) is 0 Å². The first-order valence-corrected chi connectivity index (χ1v) is 11.5. The van der Waals surface area contributed by atoms with Crippen molar-refractivity contribution < 1.29 is 23.5 Å². The maximum atomic E-state index is 13.7. The predicted molar refractivity (Wildman–Crippen MR) is 128 cm³/mol. The SMILES string of the molecule is COc1cccc(CN(C(=O)c2ccco2)C(C(=O)NC2CCCC2)c2cccc(OC)c2)c1. The quantitative estimate of drug-likeness (QED) is 0.497. The largest absolute Gasteiger partial charge is 0.497 e. The Morgan fingerprint density at radius 1 is 1.00 bits per heavy atom. The van der Waals surface area contributed by atoms with Crippen molar-refractivity contribution in [3.63, 3.8) is 0 Å². The van der Waals surface area contributed by atoms with E-state index < -0.39 is 6.04 Å². The second-order valence-electron chi connectivity index (χ2n) is 8.43. The Morgan fingerprint density at radius 3 is 2.38 bits per heavy atom. The molecule has 0 aliphatic heterocycles. The Kier molecular flexibility index (Phi) is 7.52. The summed E-state index contributed by atoms with van der Waals surface area (Å²) in [6.45, 7) is 0.191. The molecular weight excluding hydrogens is 432 g/mol. The molecule has 2 aromatic carbocycles. The van der Waals surface area contributed by atoms with Crippen molar-refractivity contribution in [2.75, 3.05) is 14.2 Å². The van der Waals surface area contributed by atoms with Gasteiger partial charge in [-0.25, -0.2) is 0 Å². The molecule has 1 aliphatic rings. The monoisotopic (exact) mass is 462 g/mol. The van der Waals surface area contributed by atoms with Crippen LogP contribution in [0.25, 0.3) is 0 Å². The van der Waals surface area contributed by atoms with Gasteiger partial charge in [0.15, 0.2) is 5.76 Å². The van der Waals surface area contributed by atoms with Crippen LogP contribution >= 0.6 is 0 Å². The standard InChI is InChI=1S/C27H30N2O5/c1-32-22-12-5-8-19(16-22)18-29(27(31)24-14-7-15-34-24)25(20-9-6-13-23(17-20)33-2)26(30)28-21-10-3-4-11-21/h5-9,12-17,21,25H,3-4,10-11,18H2,1-2H3,(H,28,30). The fraction of sp³-hybridized carbons (Fsp3) is 0.333. The first-order chi connectivity index (χ1) is 16.6. The molecule has 0 bridgehead atoms.